The summed E-state index contributed by atoms with van der Waals surface area (Å²) < 4.78 is 50.4. The molecule has 0 radical (unpaired) electrons. The molecule has 0 aliphatic rings. The molecule has 0 amide bonds. The van der Waals surface area contributed by atoms with Gasteiger partial charge >= 0.3 is 6.18 Å². The molecule has 2 aromatic rings. The molecular formula is C11H9F4N3. The van der Waals surface area contributed by atoms with Gasteiger partial charge < -0.3 is 5.73 Å². The summed E-state index contributed by atoms with van der Waals surface area (Å²) in [6.45, 7) is 0.218. The van der Waals surface area contributed by atoms with Crippen LogP contribution in [0.2, 0.25) is 0 Å². The predicted molar refractivity (Wildman–Crippen MR) is 56.9 cm³/mol. The highest BCUT2D eigenvalue weighted by atomic mass is 19.4. The van der Waals surface area contributed by atoms with Crippen molar-refractivity contribution in [2.75, 3.05) is 0 Å². The van der Waals surface area contributed by atoms with Crippen LogP contribution in [-0.4, -0.2) is 10.2 Å². The highest BCUT2D eigenvalue weighted by molar-refractivity contribution is 5.60. The zero-order valence-electron chi connectivity index (χ0n) is 9.05. The number of aromatic amines is 1. The number of H-pyrrole nitrogens is 1. The Labute approximate surface area is 99.6 Å². The van der Waals surface area contributed by atoms with E-state index in [1.807, 2.05) is 0 Å². The van der Waals surface area contributed by atoms with E-state index in [2.05, 4.69) is 10.2 Å². The van der Waals surface area contributed by atoms with Gasteiger partial charge in [0.2, 0.25) is 0 Å². The van der Waals surface area contributed by atoms with Crippen molar-refractivity contribution in [1.82, 2.24) is 10.2 Å². The van der Waals surface area contributed by atoms with Crippen LogP contribution in [0.25, 0.3) is 11.3 Å². The summed E-state index contributed by atoms with van der Waals surface area (Å²) in [4.78, 5) is 0. The van der Waals surface area contributed by atoms with Gasteiger partial charge in [0.05, 0.1) is 11.3 Å². The van der Waals surface area contributed by atoms with Crippen LogP contribution in [0.15, 0.2) is 24.3 Å². The topological polar surface area (TPSA) is 54.7 Å². The monoisotopic (exact) mass is 259 g/mol. The molecule has 0 atom stereocenters. The average molecular weight is 259 g/mol. The number of aromatic nitrogens is 2. The Balaban J connectivity index is 2.40. The Hall–Kier alpha value is -1.89. The first kappa shape index (κ1) is 12.6. The van der Waals surface area contributed by atoms with Gasteiger partial charge in [0, 0.05) is 17.8 Å². The van der Waals surface area contributed by atoms with Crippen molar-refractivity contribution in [2.45, 2.75) is 12.7 Å². The van der Waals surface area contributed by atoms with Gasteiger partial charge in [-0.05, 0) is 18.2 Å². The molecule has 1 aromatic carbocycles. The van der Waals surface area contributed by atoms with E-state index >= 15 is 0 Å². The van der Waals surface area contributed by atoms with Crippen LogP contribution in [0.4, 0.5) is 17.6 Å². The molecule has 1 heterocycles. The van der Waals surface area contributed by atoms with Crippen LogP contribution >= 0.6 is 0 Å². The number of hydrogen-bond acceptors (Lipinski definition) is 2. The van der Waals surface area contributed by atoms with E-state index in [1.54, 1.807) is 6.07 Å². The van der Waals surface area contributed by atoms with Gasteiger partial charge in [-0.3, -0.25) is 5.10 Å². The van der Waals surface area contributed by atoms with Gasteiger partial charge in [0.15, 0.2) is 0 Å². The van der Waals surface area contributed by atoms with Gasteiger partial charge in [-0.25, -0.2) is 4.39 Å². The molecule has 7 heteroatoms. The maximum atomic E-state index is 13.3. The number of benzene rings is 1. The Kier molecular flexibility index (Phi) is 3.08. The molecule has 0 saturated heterocycles. The van der Waals surface area contributed by atoms with Crippen molar-refractivity contribution >= 4 is 0 Å². The molecule has 0 saturated carbocycles. The van der Waals surface area contributed by atoms with E-state index in [1.165, 1.54) is 6.07 Å². The molecule has 18 heavy (non-hydrogen) atoms. The Morgan fingerprint density at radius 2 is 1.94 bits per heavy atom. The zero-order chi connectivity index (χ0) is 13.3. The molecular weight excluding hydrogens is 250 g/mol. The minimum atomic E-state index is -4.70. The fraction of sp³-hybridized carbons (Fsp3) is 0.182. The van der Waals surface area contributed by atoms with Crippen LogP contribution < -0.4 is 5.73 Å². The van der Waals surface area contributed by atoms with E-state index in [9.17, 15) is 17.6 Å². The molecule has 0 unspecified atom stereocenters. The highest BCUT2D eigenvalue weighted by Crippen LogP contribution is 2.33. The largest absolute Gasteiger partial charge is 0.419 e. The van der Waals surface area contributed by atoms with Crippen LogP contribution in [0.3, 0.4) is 0 Å². The number of nitrogens with two attached hydrogens (primary N) is 1. The van der Waals surface area contributed by atoms with Crippen molar-refractivity contribution in [3.8, 4) is 11.3 Å². The third-order valence-electron chi connectivity index (χ3n) is 2.42. The molecule has 2 rings (SSSR count). The summed E-state index contributed by atoms with van der Waals surface area (Å²) >= 11 is 0. The van der Waals surface area contributed by atoms with E-state index in [0.717, 1.165) is 6.07 Å². The third-order valence-corrected chi connectivity index (χ3v) is 2.42. The number of nitrogens with one attached hydrogen (secondary N) is 1. The molecule has 1 aromatic heterocycles. The average Bonchev–Trinajstić information content (AvgIpc) is 2.75. The first-order valence-corrected chi connectivity index (χ1v) is 5.03. The number of hydrogen-bond donors (Lipinski definition) is 2. The molecule has 3 N–H and O–H groups in total. The molecule has 0 fully saturated rings. The Morgan fingerprint density at radius 3 is 2.44 bits per heavy atom. The van der Waals surface area contributed by atoms with Gasteiger partial charge in [-0.1, -0.05) is 6.07 Å². The fourth-order valence-corrected chi connectivity index (χ4v) is 1.52. The van der Waals surface area contributed by atoms with Gasteiger partial charge in [0.25, 0.3) is 0 Å². The first-order chi connectivity index (χ1) is 8.41. The smallest absolute Gasteiger partial charge is 0.325 e. The number of alkyl halides is 3. The minimum absolute atomic E-state index is 0.218. The lowest BCUT2D eigenvalue weighted by molar-refractivity contribution is -0.139. The summed E-state index contributed by atoms with van der Waals surface area (Å²) in [5.74, 6) is -1.32. The second-order valence-corrected chi connectivity index (χ2v) is 3.67. The van der Waals surface area contributed by atoms with Crippen molar-refractivity contribution in [3.05, 3.63) is 41.3 Å². The number of rotatable bonds is 2. The maximum Gasteiger partial charge on any atom is 0.419 e. The zero-order valence-corrected chi connectivity index (χ0v) is 9.05. The number of nitrogens with zero attached hydrogens (tertiary/aromatic N) is 1. The minimum Gasteiger partial charge on any atom is -0.325 e. The van der Waals surface area contributed by atoms with Crippen LogP contribution in [0.5, 0.6) is 0 Å². The first-order valence-electron chi connectivity index (χ1n) is 5.03. The molecule has 3 nitrogen and oxygen atoms in total. The standard InChI is InChI=1S/C11H9F4N3/c12-9-3-6(1-2-8(9)11(13,14)15)10-4-7(5-16)17-18-10/h1-4H,5,16H2,(H,17,18). The predicted octanol–water partition coefficient (Wildman–Crippen LogP) is 2.69. The fourth-order valence-electron chi connectivity index (χ4n) is 1.52. The summed E-state index contributed by atoms with van der Waals surface area (Å²) in [7, 11) is 0. The second-order valence-electron chi connectivity index (χ2n) is 3.67. The van der Waals surface area contributed by atoms with E-state index in [4.69, 9.17) is 5.73 Å². The molecule has 0 aliphatic heterocycles. The van der Waals surface area contributed by atoms with Crippen LogP contribution in [0.1, 0.15) is 11.3 Å². The van der Waals surface area contributed by atoms with Crippen LogP contribution in [-0.2, 0) is 12.7 Å². The summed E-state index contributed by atoms with van der Waals surface area (Å²) in [6, 6.07) is 4.23. The quantitative estimate of drug-likeness (QED) is 0.815. The lowest BCUT2D eigenvalue weighted by atomic mass is 10.1. The van der Waals surface area contributed by atoms with Crippen molar-refractivity contribution in [3.63, 3.8) is 0 Å². The molecule has 0 spiro atoms. The summed E-state index contributed by atoms with van der Waals surface area (Å²) in [5, 5.41) is 6.44. The number of halogens is 4. The molecule has 96 valence electrons. The Bertz CT molecular complexity index is 560. The third kappa shape index (κ3) is 2.35. The van der Waals surface area contributed by atoms with Crippen LogP contribution in [0, 0.1) is 5.82 Å². The maximum absolute atomic E-state index is 13.3. The van der Waals surface area contributed by atoms with Gasteiger partial charge in [-0.15, -0.1) is 0 Å². The summed E-state index contributed by atoms with van der Waals surface area (Å²) in [5.41, 5.74) is 5.29. The highest BCUT2D eigenvalue weighted by Gasteiger charge is 2.34. The van der Waals surface area contributed by atoms with Gasteiger partial charge in [-0.2, -0.15) is 18.3 Å². The van der Waals surface area contributed by atoms with Gasteiger partial charge in [0.1, 0.15) is 5.82 Å². The molecule has 0 bridgehead atoms. The Morgan fingerprint density at radius 1 is 1.22 bits per heavy atom. The van der Waals surface area contributed by atoms with E-state index < -0.39 is 17.6 Å². The SMILES string of the molecule is NCc1cc(-c2ccc(C(F)(F)F)c(F)c2)n[nH]1. The molecule has 0 aliphatic carbocycles. The summed E-state index contributed by atoms with van der Waals surface area (Å²) in [6.07, 6.45) is -4.70. The van der Waals surface area contributed by atoms with E-state index in [0.29, 0.717) is 17.5 Å². The van der Waals surface area contributed by atoms with E-state index in [-0.39, 0.29) is 12.1 Å². The van der Waals surface area contributed by atoms with Crippen molar-refractivity contribution in [2.24, 2.45) is 5.73 Å². The van der Waals surface area contributed by atoms with Crippen molar-refractivity contribution < 1.29 is 17.6 Å². The lowest BCUT2D eigenvalue weighted by Gasteiger charge is -2.08. The normalized spacial score (nSPS) is 11.8. The lowest BCUT2D eigenvalue weighted by Crippen LogP contribution is -2.07. The second kappa shape index (κ2) is 4.41. The van der Waals surface area contributed by atoms with Crippen molar-refractivity contribution in [1.29, 1.82) is 0 Å².